The molecular formula is C21H29N3O7. The summed E-state index contributed by atoms with van der Waals surface area (Å²) in [5.74, 6) is -1.01. The van der Waals surface area contributed by atoms with Crippen molar-refractivity contribution in [3.05, 3.63) is 54.9 Å². The molecule has 0 saturated carbocycles. The first-order valence-electron chi connectivity index (χ1n) is 9.64. The molecule has 0 fully saturated rings. The van der Waals surface area contributed by atoms with Crippen molar-refractivity contribution < 1.29 is 34.4 Å². The van der Waals surface area contributed by atoms with Crippen LogP contribution in [0.1, 0.15) is 13.8 Å². The summed E-state index contributed by atoms with van der Waals surface area (Å²) in [6.45, 7) is 6.13. The number of carbonyl (C=O) groups is 2. The SMILES string of the molecule is CC(C)NCC(O)COc1ccc(OCCn2cccn2)cc1.O=C(O)C=CC(=O)O. The monoisotopic (exact) mass is 435 g/mol. The maximum Gasteiger partial charge on any atom is 0.328 e. The second-order valence-electron chi connectivity index (χ2n) is 6.63. The second-order valence-corrected chi connectivity index (χ2v) is 6.63. The largest absolute Gasteiger partial charge is 0.492 e. The fraction of sp³-hybridized carbons (Fsp3) is 0.381. The Morgan fingerprint density at radius 2 is 1.68 bits per heavy atom. The van der Waals surface area contributed by atoms with Crippen molar-refractivity contribution >= 4 is 11.9 Å². The standard InChI is InChI=1S/C17H25N3O3.C4H4O4/c1-14(2)18-12-15(21)13-23-17-6-4-16(5-7-17)22-11-10-20-9-3-8-19-20;5-3(6)1-2-4(7)8/h3-9,14-15,18,21H,10-13H2,1-2H3;1-2H,(H,5,6)(H,7,8). The third-order valence-corrected chi connectivity index (χ3v) is 3.54. The molecule has 10 heteroatoms. The number of hydrogen-bond acceptors (Lipinski definition) is 7. The van der Waals surface area contributed by atoms with Crippen LogP contribution in [0.2, 0.25) is 0 Å². The lowest BCUT2D eigenvalue weighted by atomic mass is 10.3. The molecule has 0 amide bonds. The van der Waals surface area contributed by atoms with Crippen molar-refractivity contribution in [3.63, 3.8) is 0 Å². The van der Waals surface area contributed by atoms with E-state index in [0.717, 1.165) is 5.75 Å². The molecular weight excluding hydrogens is 406 g/mol. The van der Waals surface area contributed by atoms with E-state index in [1.165, 1.54) is 0 Å². The van der Waals surface area contributed by atoms with Gasteiger partial charge in [0.25, 0.3) is 0 Å². The first-order chi connectivity index (χ1) is 14.8. The van der Waals surface area contributed by atoms with E-state index in [1.807, 2.05) is 55.1 Å². The summed E-state index contributed by atoms with van der Waals surface area (Å²) in [6.07, 6.45) is 4.24. The minimum atomic E-state index is -1.26. The zero-order chi connectivity index (χ0) is 23.1. The number of ether oxygens (including phenoxy) is 2. The topological polar surface area (TPSA) is 143 Å². The van der Waals surface area contributed by atoms with Gasteiger partial charge in [-0.3, -0.25) is 4.68 Å². The lowest BCUT2D eigenvalue weighted by Gasteiger charge is -2.15. The average Bonchev–Trinajstić information content (AvgIpc) is 3.24. The van der Waals surface area contributed by atoms with E-state index in [4.69, 9.17) is 19.7 Å². The van der Waals surface area contributed by atoms with E-state index in [2.05, 4.69) is 10.4 Å². The maximum absolute atomic E-state index is 9.80. The van der Waals surface area contributed by atoms with Crippen molar-refractivity contribution in [2.24, 2.45) is 0 Å². The Bertz CT molecular complexity index is 774. The lowest BCUT2D eigenvalue weighted by Crippen LogP contribution is -2.35. The second kappa shape index (κ2) is 14.6. The molecule has 0 saturated heterocycles. The molecule has 170 valence electrons. The van der Waals surface area contributed by atoms with Gasteiger partial charge < -0.3 is 30.1 Å². The number of aliphatic carboxylic acids is 2. The Hall–Kier alpha value is -3.37. The van der Waals surface area contributed by atoms with Gasteiger partial charge in [-0.05, 0) is 30.3 Å². The molecule has 0 bridgehead atoms. The Morgan fingerprint density at radius 3 is 2.16 bits per heavy atom. The van der Waals surface area contributed by atoms with E-state index in [-0.39, 0.29) is 6.61 Å². The fourth-order valence-electron chi connectivity index (χ4n) is 2.09. The van der Waals surface area contributed by atoms with Crippen molar-refractivity contribution in [2.75, 3.05) is 19.8 Å². The number of hydrogen-bond donors (Lipinski definition) is 4. The Morgan fingerprint density at radius 1 is 1.10 bits per heavy atom. The predicted molar refractivity (Wildman–Crippen MR) is 113 cm³/mol. The van der Waals surface area contributed by atoms with Gasteiger partial charge in [-0.1, -0.05) is 13.8 Å². The van der Waals surface area contributed by atoms with Gasteiger partial charge >= 0.3 is 11.9 Å². The van der Waals surface area contributed by atoms with Gasteiger partial charge in [0.1, 0.15) is 30.8 Å². The van der Waals surface area contributed by atoms with Crippen LogP contribution < -0.4 is 14.8 Å². The molecule has 0 aliphatic carbocycles. The summed E-state index contributed by atoms with van der Waals surface area (Å²) in [4.78, 5) is 19.1. The van der Waals surface area contributed by atoms with Crippen molar-refractivity contribution in [1.29, 1.82) is 0 Å². The van der Waals surface area contributed by atoms with Crippen LogP contribution in [0.15, 0.2) is 54.9 Å². The van der Waals surface area contributed by atoms with E-state index >= 15 is 0 Å². The number of rotatable bonds is 12. The van der Waals surface area contributed by atoms with Crippen molar-refractivity contribution in [1.82, 2.24) is 15.1 Å². The third-order valence-electron chi connectivity index (χ3n) is 3.54. The number of aliphatic hydroxyl groups excluding tert-OH is 1. The number of benzene rings is 1. The van der Waals surface area contributed by atoms with E-state index in [9.17, 15) is 14.7 Å². The molecule has 1 heterocycles. The fourth-order valence-corrected chi connectivity index (χ4v) is 2.09. The van der Waals surface area contributed by atoms with Crippen LogP contribution in [-0.2, 0) is 16.1 Å². The predicted octanol–water partition coefficient (Wildman–Crippen LogP) is 1.41. The minimum absolute atomic E-state index is 0.263. The van der Waals surface area contributed by atoms with Crippen LogP contribution in [0.5, 0.6) is 11.5 Å². The highest BCUT2D eigenvalue weighted by atomic mass is 16.5. The smallest absolute Gasteiger partial charge is 0.328 e. The Balaban J connectivity index is 0.000000512. The summed E-state index contributed by atoms with van der Waals surface area (Å²) < 4.78 is 13.0. The van der Waals surface area contributed by atoms with Crippen molar-refractivity contribution in [3.8, 4) is 11.5 Å². The number of carboxylic acid groups (broad SMARTS) is 2. The number of nitrogens with one attached hydrogen (secondary N) is 1. The molecule has 31 heavy (non-hydrogen) atoms. The quantitative estimate of drug-likeness (QED) is 0.364. The van der Waals surface area contributed by atoms with Gasteiger partial charge in [0.05, 0.1) is 6.54 Å². The lowest BCUT2D eigenvalue weighted by molar-refractivity contribution is -0.134. The molecule has 2 aromatic rings. The zero-order valence-corrected chi connectivity index (χ0v) is 17.5. The van der Waals surface area contributed by atoms with Gasteiger partial charge in [0, 0.05) is 37.1 Å². The summed E-state index contributed by atoms with van der Waals surface area (Å²) >= 11 is 0. The van der Waals surface area contributed by atoms with Gasteiger partial charge in [-0.15, -0.1) is 0 Å². The van der Waals surface area contributed by atoms with Crippen LogP contribution in [0.3, 0.4) is 0 Å². The Labute approximate surface area is 180 Å². The van der Waals surface area contributed by atoms with Crippen LogP contribution in [0.4, 0.5) is 0 Å². The highest BCUT2D eigenvalue weighted by Gasteiger charge is 2.06. The normalized spacial score (nSPS) is 11.6. The van der Waals surface area contributed by atoms with Crippen LogP contribution in [0, 0.1) is 0 Å². The minimum Gasteiger partial charge on any atom is -0.492 e. The first-order valence-corrected chi connectivity index (χ1v) is 9.64. The number of nitrogens with zero attached hydrogens (tertiary/aromatic N) is 2. The van der Waals surface area contributed by atoms with Gasteiger partial charge in [0.2, 0.25) is 0 Å². The number of aromatic nitrogens is 2. The Kier molecular flexibility index (Phi) is 12.1. The zero-order valence-electron chi connectivity index (χ0n) is 17.5. The van der Waals surface area contributed by atoms with Crippen LogP contribution in [-0.4, -0.2) is 68.9 Å². The summed E-state index contributed by atoms with van der Waals surface area (Å²) in [7, 11) is 0. The average molecular weight is 435 g/mol. The van der Waals surface area contributed by atoms with Gasteiger partial charge in [-0.2, -0.15) is 5.10 Å². The highest BCUT2D eigenvalue weighted by molar-refractivity contribution is 5.89. The maximum atomic E-state index is 9.80. The summed E-state index contributed by atoms with van der Waals surface area (Å²) in [6, 6.07) is 9.63. The van der Waals surface area contributed by atoms with Gasteiger partial charge in [0.15, 0.2) is 0 Å². The van der Waals surface area contributed by atoms with Crippen LogP contribution in [0.25, 0.3) is 0 Å². The molecule has 1 atom stereocenters. The first kappa shape index (κ1) is 25.7. The summed E-state index contributed by atoms with van der Waals surface area (Å²) in [5.41, 5.74) is 0. The molecule has 0 aliphatic heterocycles. The third kappa shape index (κ3) is 13.5. The molecule has 0 aliphatic rings. The molecule has 1 aromatic heterocycles. The highest BCUT2D eigenvalue weighted by Crippen LogP contribution is 2.17. The van der Waals surface area contributed by atoms with Crippen molar-refractivity contribution in [2.45, 2.75) is 32.5 Å². The molecule has 0 radical (unpaired) electrons. The molecule has 4 N–H and O–H groups in total. The van der Waals surface area contributed by atoms with E-state index in [0.29, 0.717) is 43.6 Å². The van der Waals surface area contributed by atoms with Gasteiger partial charge in [-0.25, -0.2) is 9.59 Å². The molecule has 10 nitrogen and oxygen atoms in total. The van der Waals surface area contributed by atoms with E-state index in [1.54, 1.807) is 6.20 Å². The molecule has 0 spiro atoms. The van der Waals surface area contributed by atoms with E-state index < -0.39 is 18.0 Å². The van der Waals surface area contributed by atoms with Crippen LogP contribution >= 0.6 is 0 Å². The summed E-state index contributed by atoms with van der Waals surface area (Å²) in [5, 5.41) is 32.7. The number of carboxylic acids is 2. The molecule has 1 unspecified atom stereocenters. The number of aliphatic hydroxyl groups is 1. The molecule has 2 rings (SSSR count). The molecule has 1 aromatic carbocycles.